The van der Waals surface area contributed by atoms with Crippen LogP contribution in [-0.4, -0.2) is 15.0 Å². The van der Waals surface area contributed by atoms with Crippen LogP contribution in [0.3, 0.4) is 0 Å². The average Bonchev–Trinajstić information content (AvgIpc) is 2.61. The minimum atomic E-state index is 0.216. The van der Waals surface area contributed by atoms with E-state index in [2.05, 4.69) is 15.0 Å². The first-order valence-corrected chi connectivity index (χ1v) is 4.70. The third-order valence-corrected chi connectivity index (χ3v) is 2.48. The van der Waals surface area contributed by atoms with Crippen molar-refractivity contribution in [3.63, 3.8) is 0 Å². The number of halogens is 1. The minimum absolute atomic E-state index is 0.216. The van der Waals surface area contributed by atoms with Crippen LogP contribution in [0.15, 0.2) is 17.9 Å². The average molecular weight is 213 g/mol. The summed E-state index contributed by atoms with van der Waals surface area (Å²) >= 11 is 7.34. The number of anilines is 1. The summed E-state index contributed by atoms with van der Waals surface area (Å²) in [5.41, 5.74) is 7.78. The summed E-state index contributed by atoms with van der Waals surface area (Å²) in [6.07, 6.45) is 3.18. The molecule has 4 nitrogen and oxygen atoms in total. The van der Waals surface area contributed by atoms with Crippen molar-refractivity contribution in [2.24, 2.45) is 0 Å². The van der Waals surface area contributed by atoms with Crippen LogP contribution < -0.4 is 5.73 Å². The van der Waals surface area contributed by atoms with E-state index in [0.717, 1.165) is 4.88 Å². The zero-order chi connectivity index (χ0) is 9.26. The Bertz CT molecular complexity index is 414. The van der Waals surface area contributed by atoms with Crippen LogP contribution in [0.2, 0.25) is 5.02 Å². The predicted octanol–water partition coefficient (Wildman–Crippen LogP) is 1.84. The topological polar surface area (TPSA) is 64.7 Å². The van der Waals surface area contributed by atoms with Crippen molar-refractivity contribution in [2.75, 3.05) is 5.73 Å². The van der Waals surface area contributed by atoms with Gasteiger partial charge in [-0.2, -0.15) is 0 Å². The summed E-state index contributed by atoms with van der Waals surface area (Å²) in [7, 11) is 0. The van der Waals surface area contributed by atoms with Crippen molar-refractivity contribution < 1.29 is 0 Å². The highest BCUT2D eigenvalue weighted by atomic mass is 35.5. The van der Waals surface area contributed by atoms with E-state index in [4.69, 9.17) is 17.3 Å². The van der Waals surface area contributed by atoms with Crippen LogP contribution in [0, 0.1) is 0 Å². The zero-order valence-corrected chi connectivity index (χ0v) is 8.01. The fourth-order valence-corrected chi connectivity index (χ4v) is 1.76. The molecule has 2 aromatic rings. The summed E-state index contributed by atoms with van der Waals surface area (Å²) in [6, 6.07) is 0. The largest absolute Gasteiger partial charge is 0.368 e. The zero-order valence-electron chi connectivity index (χ0n) is 6.44. The first-order valence-electron chi connectivity index (χ1n) is 3.44. The maximum atomic E-state index is 5.89. The lowest BCUT2D eigenvalue weighted by molar-refractivity contribution is 1.19. The Balaban J connectivity index is 2.57. The van der Waals surface area contributed by atoms with Crippen LogP contribution in [0.4, 0.5) is 5.95 Å². The molecule has 0 bridgehead atoms. The Morgan fingerprint density at radius 3 is 2.92 bits per heavy atom. The highest BCUT2D eigenvalue weighted by Crippen LogP contribution is 2.27. The Hall–Kier alpha value is -1.20. The third kappa shape index (κ3) is 1.61. The molecule has 0 amide bonds. The van der Waals surface area contributed by atoms with Gasteiger partial charge >= 0.3 is 0 Å². The second kappa shape index (κ2) is 3.27. The Morgan fingerprint density at radius 2 is 2.23 bits per heavy atom. The molecule has 0 aliphatic heterocycles. The van der Waals surface area contributed by atoms with Crippen LogP contribution in [0.1, 0.15) is 0 Å². The van der Waals surface area contributed by atoms with Crippen LogP contribution in [0.25, 0.3) is 10.6 Å². The van der Waals surface area contributed by atoms with Gasteiger partial charge in [-0.25, -0.2) is 9.97 Å². The van der Waals surface area contributed by atoms with E-state index in [-0.39, 0.29) is 5.95 Å². The molecule has 0 saturated heterocycles. The van der Waals surface area contributed by atoms with Gasteiger partial charge in [0.2, 0.25) is 5.95 Å². The van der Waals surface area contributed by atoms with Crippen molar-refractivity contribution in [3.05, 3.63) is 22.9 Å². The lowest BCUT2D eigenvalue weighted by Crippen LogP contribution is -1.95. The maximum absolute atomic E-state index is 5.89. The smallest absolute Gasteiger partial charge is 0.220 e. The van der Waals surface area contributed by atoms with Gasteiger partial charge in [0.15, 0.2) is 0 Å². The second-order valence-corrected chi connectivity index (χ2v) is 3.58. The van der Waals surface area contributed by atoms with Gasteiger partial charge in [0.05, 0.1) is 21.6 Å². The first-order chi connectivity index (χ1) is 6.27. The SMILES string of the molecule is Nc1ncc(Cl)c(-c2cncs2)n1. The van der Waals surface area contributed by atoms with Gasteiger partial charge in [0, 0.05) is 6.20 Å². The van der Waals surface area contributed by atoms with E-state index in [1.807, 2.05) is 0 Å². The standard InChI is InChI=1S/C7H5ClN4S/c8-4-1-11-7(9)12-6(4)5-2-10-3-13-5/h1-3H,(H2,9,11,12). The fourth-order valence-electron chi connectivity index (χ4n) is 0.886. The van der Waals surface area contributed by atoms with Crippen LogP contribution in [-0.2, 0) is 0 Å². The molecule has 0 spiro atoms. The van der Waals surface area contributed by atoms with E-state index in [1.165, 1.54) is 17.5 Å². The Morgan fingerprint density at radius 1 is 1.38 bits per heavy atom. The number of rotatable bonds is 1. The third-order valence-electron chi connectivity index (χ3n) is 1.43. The first kappa shape index (κ1) is 8.40. The lowest BCUT2D eigenvalue weighted by atomic mass is 10.3. The van der Waals surface area contributed by atoms with Gasteiger partial charge in [0.25, 0.3) is 0 Å². The number of nitrogens with zero attached hydrogens (tertiary/aromatic N) is 3. The van der Waals surface area contributed by atoms with E-state index in [1.54, 1.807) is 11.7 Å². The Kier molecular flexibility index (Phi) is 2.12. The second-order valence-electron chi connectivity index (χ2n) is 2.29. The fraction of sp³-hybridized carbons (Fsp3) is 0. The van der Waals surface area contributed by atoms with E-state index in [0.29, 0.717) is 10.7 Å². The number of nitrogens with two attached hydrogens (primary N) is 1. The molecule has 0 unspecified atom stereocenters. The molecule has 2 rings (SSSR count). The van der Waals surface area contributed by atoms with E-state index in [9.17, 15) is 0 Å². The van der Waals surface area contributed by atoms with Gasteiger partial charge in [-0.05, 0) is 0 Å². The molecule has 0 aliphatic carbocycles. The molecule has 0 atom stereocenters. The molecular formula is C7H5ClN4S. The normalized spacial score (nSPS) is 10.2. The molecule has 66 valence electrons. The molecule has 2 heterocycles. The Labute approximate surface area is 83.4 Å². The van der Waals surface area contributed by atoms with E-state index < -0.39 is 0 Å². The van der Waals surface area contributed by atoms with E-state index >= 15 is 0 Å². The van der Waals surface area contributed by atoms with Crippen LogP contribution in [0.5, 0.6) is 0 Å². The molecule has 0 aromatic carbocycles. The molecule has 13 heavy (non-hydrogen) atoms. The summed E-state index contributed by atoms with van der Waals surface area (Å²) in [5, 5.41) is 0.485. The summed E-state index contributed by atoms with van der Waals surface area (Å²) in [5.74, 6) is 0.216. The molecule has 0 fully saturated rings. The monoisotopic (exact) mass is 212 g/mol. The molecular weight excluding hydrogens is 208 g/mol. The van der Waals surface area contributed by atoms with Gasteiger partial charge in [-0.3, -0.25) is 4.98 Å². The summed E-state index contributed by atoms with van der Waals surface area (Å²) in [4.78, 5) is 12.6. The highest BCUT2D eigenvalue weighted by molar-refractivity contribution is 7.13. The van der Waals surface area contributed by atoms with Crippen LogP contribution >= 0.6 is 22.9 Å². The lowest BCUT2D eigenvalue weighted by Gasteiger charge is -1.99. The minimum Gasteiger partial charge on any atom is -0.368 e. The van der Waals surface area contributed by atoms with Crippen molar-refractivity contribution in [1.82, 2.24) is 15.0 Å². The molecule has 6 heteroatoms. The molecule has 0 saturated carbocycles. The maximum Gasteiger partial charge on any atom is 0.220 e. The van der Waals surface area contributed by atoms with Gasteiger partial charge in [-0.15, -0.1) is 11.3 Å². The molecule has 0 radical (unpaired) electrons. The van der Waals surface area contributed by atoms with Crippen molar-refractivity contribution in [2.45, 2.75) is 0 Å². The van der Waals surface area contributed by atoms with Crippen molar-refractivity contribution >= 4 is 28.9 Å². The predicted molar refractivity (Wildman–Crippen MR) is 52.6 cm³/mol. The van der Waals surface area contributed by atoms with Crippen molar-refractivity contribution in [1.29, 1.82) is 0 Å². The number of aromatic nitrogens is 3. The number of hydrogen-bond acceptors (Lipinski definition) is 5. The molecule has 2 N–H and O–H groups in total. The summed E-state index contributed by atoms with van der Waals surface area (Å²) in [6.45, 7) is 0. The highest BCUT2D eigenvalue weighted by Gasteiger charge is 2.07. The summed E-state index contributed by atoms with van der Waals surface area (Å²) < 4.78 is 0. The molecule has 2 aromatic heterocycles. The van der Waals surface area contributed by atoms with Gasteiger partial charge in [-0.1, -0.05) is 11.6 Å². The quantitative estimate of drug-likeness (QED) is 0.784. The number of nitrogen functional groups attached to an aromatic ring is 1. The number of thiazole rings is 1. The van der Waals surface area contributed by atoms with Gasteiger partial charge < -0.3 is 5.73 Å². The van der Waals surface area contributed by atoms with Crippen molar-refractivity contribution in [3.8, 4) is 10.6 Å². The number of hydrogen-bond donors (Lipinski definition) is 1. The van der Waals surface area contributed by atoms with Gasteiger partial charge in [0.1, 0.15) is 5.69 Å². The molecule has 0 aliphatic rings.